The summed E-state index contributed by atoms with van der Waals surface area (Å²) in [6.07, 6.45) is 0. The van der Waals surface area contributed by atoms with Gasteiger partial charge in [-0.05, 0) is 18.1 Å². The Balaban J connectivity index is 2.50. The van der Waals surface area contributed by atoms with Crippen molar-refractivity contribution in [3.05, 3.63) is 35.9 Å². The van der Waals surface area contributed by atoms with Gasteiger partial charge in [0, 0.05) is 24.0 Å². The van der Waals surface area contributed by atoms with Crippen LogP contribution in [-0.4, -0.2) is 24.0 Å². The Morgan fingerprint density at radius 3 is 2.67 bits per heavy atom. The summed E-state index contributed by atoms with van der Waals surface area (Å²) in [5.41, 5.74) is 13.0. The minimum Gasteiger partial charge on any atom is -0.368 e. The first kappa shape index (κ1) is 15.3. The number of benzene rings is 1. The molecule has 0 bridgehead atoms. The van der Waals surface area contributed by atoms with Crippen LogP contribution in [-0.2, 0) is 11.3 Å². The number of nitrogens with two attached hydrogens (primary N) is 2. The van der Waals surface area contributed by atoms with Crippen molar-refractivity contribution in [3.63, 3.8) is 0 Å². The highest BCUT2D eigenvalue weighted by atomic mass is 16.1. The Hall–Kier alpha value is -2.14. The second-order valence-electron chi connectivity index (χ2n) is 5.61. The van der Waals surface area contributed by atoms with E-state index >= 15 is 0 Å². The third-order valence-electron chi connectivity index (χ3n) is 3.23. The van der Waals surface area contributed by atoms with Crippen molar-refractivity contribution in [2.75, 3.05) is 18.0 Å². The van der Waals surface area contributed by atoms with E-state index in [0.29, 0.717) is 19.0 Å². The van der Waals surface area contributed by atoms with E-state index in [1.165, 1.54) is 0 Å². The topological polar surface area (TPSA) is 85.2 Å². The van der Waals surface area contributed by atoms with Crippen molar-refractivity contribution < 1.29 is 4.79 Å². The first-order chi connectivity index (χ1) is 10.0. The number of fused-ring (bicyclic) bond motifs is 1. The van der Waals surface area contributed by atoms with Crippen LogP contribution in [0, 0.1) is 5.92 Å². The van der Waals surface area contributed by atoms with Gasteiger partial charge in [-0.25, -0.2) is 4.98 Å². The number of primary amides is 1. The van der Waals surface area contributed by atoms with E-state index in [9.17, 15) is 4.79 Å². The lowest BCUT2D eigenvalue weighted by Gasteiger charge is -2.26. The summed E-state index contributed by atoms with van der Waals surface area (Å²) < 4.78 is 0. The molecule has 0 unspecified atom stereocenters. The fourth-order valence-corrected chi connectivity index (χ4v) is 2.43. The fourth-order valence-electron chi connectivity index (χ4n) is 2.43. The van der Waals surface area contributed by atoms with E-state index in [4.69, 9.17) is 16.5 Å². The van der Waals surface area contributed by atoms with Crippen LogP contribution >= 0.6 is 0 Å². The molecule has 2 aromatic rings. The van der Waals surface area contributed by atoms with Crippen LogP contribution in [0.25, 0.3) is 10.9 Å². The van der Waals surface area contributed by atoms with Crippen LogP contribution < -0.4 is 16.4 Å². The van der Waals surface area contributed by atoms with E-state index in [1.807, 2.05) is 35.2 Å². The fraction of sp³-hybridized carbons (Fsp3) is 0.375. The van der Waals surface area contributed by atoms with E-state index in [1.54, 1.807) is 0 Å². The van der Waals surface area contributed by atoms with Crippen LogP contribution in [0.1, 0.15) is 19.4 Å². The van der Waals surface area contributed by atoms with E-state index in [2.05, 4.69) is 13.8 Å². The lowest BCUT2D eigenvalue weighted by Crippen LogP contribution is -2.37. The maximum Gasteiger partial charge on any atom is 0.236 e. The molecule has 1 aromatic heterocycles. The highest BCUT2D eigenvalue weighted by Crippen LogP contribution is 2.24. The first-order valence-electron chi connectivity index (χ1n) is 7.13. The van der Waals surface area contributed by atoms with Gasteiger partial charge in [0.25, 0.3) is 0 Å². The van der Waals surface area contributed by atoms with E-state index in [0.717, 1.165) is 22.3 Å². The number of rotatable bonds is 6. The first-order valence-corrected chi connectivity index (χ1v) is 7.13. The van der Waals surface area contributed by atoms with Gasteiger partial charge in [0.15, 0.2) is 0 Å². The van der Waals surface area contributed by atoms with Crippen molar-refractivity contribution in [2.24, 2.45) is 17.4 Å². The normalized spacial score (nSPS) is 11.0. The SMILES string of the molecule is CC(C)CN(CC(N)=O)c1nc2ccccc2cc1CN. The van der Waals surface area contributed by atoms with Crippen molar-refractivity contribution in [3.8, 4) is 0 Å². The molecule has 0 aliphatic rings. The largest absolute Gasteiger partial charge is 0.368 e. The van der Waals surface area contributed by atoms with Gasteiger partial charge >= 0.3 is 0 Å². The Morgan fingerprint density at radius 1 is 1.33 bits per heavy atom. The van der Waals surface area contributed by atoms with E-state index in [-0.39, 0.29) is 12.5 Å². The minimum absolute atomic E-state index is 0.149. The minimum atomic E-state index is -0.367. The summed E-state index contributed by atoms with van der Waals surface area (Å²) in [6, 6.07) is 9.91. The molecule has 5 heteroatoms. The maximum absolute atomic E-state index is 11.3. The average Bonchev–Trinajstić information content (AvgIpc) is 2.44. The average molecular weight is 286 g/mol. The number of anilines is 1. The molecule has 4 N–H and O–H groups in total. The van der Waals surface area contributed by atoms with Gasteiger partial charge < -0.3 is 16.4 Å². The zero-order valence-corrected chi connectivity index (χ0v) is 12.5. The van der Waals surface area contributed by atoms with Crippen LogP contribution in [0.15, 0.2) is 30.3 Å². The summed E-state index contributed by atoms with van der Waals surface area (Å²) in [6.45, 7) is 5.42. The molecule has 0 saturated carbocycles. The predicted octanol–water partition coefficient (Wildman–Crippen LogP) is 1.64. The molecular formula is C16H22N4O. The maximum atomic E-state index is 11.3. The number of nitrogens with zero attached hydrogens (tertiary/aromatic N) is 2. The lowest BCUT2D eigenvalue weighted by molar-refractivity contribution is -0.116. The molecule has 0 spiro atoms. The van der Waals surface area contributed by atoms with Crippen molar-refractivity contribution >= 4 is 22.6 Å². The Labute approximate surface area is 124 Å². The van der Waals surface area contributed by atoms with Crippen LogP contribution in [0.5, 0.6) is 0 Å². The molecule has 0 fully saturated rings. The standard InChI is InChI=1S/C16H22N4O/c1-11(2)9-20(10-15(18)21)16-13(8-17)7-12-5-3-4-6-14(12)19-16/h3-7,11H,8-10,17H2,1-2H3,(H2,18,21). The number of hydrogen-bond donors (Lipinski definition) is 2. The molecule has 1 aromatic carbocycles. The zero-order valence-electron chi connectivity index (χ0n) is 12.5. The Morgan fingerprint density at radius 2 is 2.05 bits per heavy atom. The molecule has 0 aliphatic carbocycles. The van der Waals surface area contributed by atoms with Gasteiger partial charge in [0.1, 0.15) is 5.82 Å². The van der Waals surface area contributed by atoms with Gasteiger partial charge in [0.05, 0.1) is 12.1 Å². The third-order valence-corrected chi connectivity index (χ3v) is 3.23. The number of pyridine rings is 1. The van der Waals surface area contributed by atoms with E-state index < -0.39 is 0 Å². The second-order valence-corrected chi connectivity index (χ2v) is 5.61. The van der Waals surface area contributed by atoms with Crippen molar-refractivity contribution in [1.82, 2.24) is 4.98 Å². The molecule has 1 amide bonds. The van der Waals surface area contributed by atoms with Gasteiger partial charge in [-0.1, -0.05) is 32.0 Å². The highest BCUT2D eigenvalue weighted by Gasteiger charge is 2.16. The van der Waals surface area contributed by atoms with Crippen molar-refractivity contribution in [1.29, 1.82) is 0 Å². The van der Waals surface area contributed by atoms with Gasteiger partial charge in [-0.2, -0.15) is 0 Å². The van der Waals surface area contributed by atoms with Gasteiger partial charge in [-0.3, -0.25) is 4.79 Å². The summed E-state index contributed by atoms with van der Waals surface area (Å²) in [4.78, 5) is 18.0. The molecule has 112 valence electrons. The van der Waals surface area contributed by atoms with Crippen molar-refractivity contribution in [2.45, 2.75) is 20.4 Å². The Bertz CT molecular complexity index is 639. The lowest BCUT2D eigenvalue weighted by atomic mass is 10.1. The molecule has 1 heterocycles. The van der Waals surface area contributed by atoms with Crippen LogP contribution in [0.2, 0.25) is 0 Å². The quantitative estimate of drug-likeness (QED) is 0.845. The summed E-state index contributed by atoms with van der Waals surface area (Å²) in [5, 5.41) is 1.05. The Kier molecular flexibility index (Phi) is 4.75. The van der Waals surface area contributed by atoms with Crippen LogP contribution in [0.3, 0.4) is 0 Å². The zero-order chi connectivity index (χ0) is 15.4. The molecule has 2 rings (SSSR count). The second kappa shape index (κ2) is 6.54. The smallest absolute Gasteiger partial charge is 0.236 e. The number of amides is 1. The number of aromatic nitrogens is 1. The molecule has 21 heavy (non-hydrogen) atoms. The van der Waals surface area contributed by atoms with Gasteiger partial charge in [0.2, 0.25) is 5.91 Å². The molecular weight excluding hydrogens is 264 g/mol. The monoisotopic (exact) mass is 286 g/mol. The highest BCUT2D eigenvalue weighted by molar-refractivity contribution is 5.84. The molecule has 0 atom stereocenters. The number of carbonyl (C=O) groups excluding carboxylic acids is 1. The summed E-state index contributed by atoms with van der Waals surface area (Å²) in [5.74, 6) is 0.778. The predicted molar refractivity (Wildman–Crippen MR) is 85.9 cm³/mol. The molecule has 0 saturated heterocycles. The van der Waals surface area contributed by atoms with Gasteiger partial charge in [-0.15, -0.1) is 0 Å². The number of hydrogen-bond acceptors (Lipinski definition) is 4. The summed E-state index contributed by atoms with van der Waals surface area (Å²) in [7, 11) is 0. The molecule has 5 nitrogen and oxygen atoms in total. The third kappa shape index (κ3) is 3.70. The number of para-hydroxylation sites is 1. The van der Waals surface area contributed by atoms with Crippen LogP contribution in [0.4, 0.5) is 5.82 Å². The number of carbonyl (C=O) groups is 1. The molecule has 0 aliphatic heterocycles. The molecule has 0 radical (unpaired) electrons. The summed E-state index contributed by atoms with van der Waals surface area (Å²) >= 11 is 0.